The molecular formula is C7H7ClN4O3S. The van der Waals surface area contributed by atoms with Crippen LogP contribution < -0.4 is 0 Å². The van der Waals surface area contributed by atoms with Gasteiger partial charge < -0.3 is 4.52 Å². The molecule has 0 amide bonds. The summed E-state index contributed by atoms with van der Waals surface area (Å²) in [6.45, 7) is 2.13. The van der Waals surface area contributed by atoms with Crippen molar-refractivity contribution in [3.63, 3.8) is 0 Å². The number of hydrogen-bond acceptors (Lipinski definition) is 6. The Morgan fingerprint density at radius 2 is 2.25 bits per heavy atom. The minimum Gasteiger partial charge on any atom is -0.364 e. The van der Waals surface area contributed by atoms with Crippen LogP contribution in [0.5, 0.6) is 0 Å². The Morgan fingerprint density at radius 3 is 2.75 bits per heavy atom. The predicted molar refractivity (Wildman–Crippen MR) is 54.2 cm³/mol. The van der Waals surface area contributed by atoms with Crippen LogP contribution in [0, 0.1) is 0 Å². The van der Waals surface area contributed by atoms with Crippen LogP contribution in [0.15, 0.2) is 22.1 Å². The van der Waals surface area contributed by atoms with Crippen molar-refractivity contribution in [2.24, 2.45) is 0 Å². The van der Waals surface area contributed by atoms with Gasteiger partial charge in [-0.2, -0.15) is 0 Å². The van der Waals surface area contributed by atoms with E-state index in [2.05, 4.69) is 19.9 Å². The Balaban J connectivity index is 2.63. The molecule has 0 aliphatic carbocycles. The van der Waals surface area contributed by atoms with E-state index in [0.717, 1.165) is 0 Å². The number of halogens is 1. The molecule has 7 nitrogen and oxygen atoms in total. The molecule has 0 bridgehead atoms. The van der Waals surface area contributed by atoms with Gasteiger partial charge in [-0.05, 0) is 6.92 Å². The Labute approximate surface area is 95.4 Å². The van der Waals surface area contributed by atoms with Crippen LogP contribution in [-0.4, -0.2) is 28.3 Å². The fourth-order valence-corrected chi connectivity index (χ4v) is 2.24. The van der Waals surface area contributed by atoms with Gasteiger partial charge in [-0.3, -0.25) is 4.57 Å². The highest BCUT2D eigenvalue weighted by Crippen LogP contribution is 2.21. The lowest BCUT2D eigenvalue weighted by molar-refractivity contribution is 0.420. The first-order valence-corrected chi connectivity index (χ1v) is 6.62. The number of hydrogen-bond donors (Lipinski definition) is 0. The molecule has 0 unspecified atom stereocenters. The molecule has 0 saturated heterocycles. The second-order valence-electron chi connectivity index (χ2n) is 2.90. The highest BCUT2D eigenvalue weighted by atomic mass is 35.7. The van der Waals surface area contributed by atoms with Crippen LogP contribution >= 0.6 is 10.7 Å². The molecule has 0 saturated carbocycles. The van der Waals surface area contributed by atoms with Crippen molar-refractivity contribution in [2.45, 2.75) is 18.6 Å². The monoisotopic (exact) mass is 262 g/mol. The van der Waals surface area contributed by atoms with Crippen LogP contribution in [0.2, 0.25) is 0 Å². The highest BCUT2D eigenvalue weighted by Gasteiger charge is 2.22. The molecule has 2 aromatic rings. The van der Waals surface area contributed by atoms with Gasteiger partial charge in [-0.25, -0.2) is 8.42 Å². The van der Waals surface area contributed by atoms with Gasteiger partial charge in [0.2, 0.25) is 0 Å². The number of rotatable bonds is 3. The molecule has 86 valence electrons. The molecule has 2 aromatic heterocycles. The lowest BCUT2D eigenvalue weighted by atomic mass is 10.3. The van der Waals surface area contributed by atoms with Crippen molar-refractivity contribution in [2.75, 3.05) is 0 Å². The summed E-state index contributed by atoms with van der Waals surface area (Å²) in [6, 6.07) is 0. The predicted octanol–water partition coefficient (Wildman–Crippen LogP) is 0.880. The quantitative estimate of drug-likeness (QED) is 0.763. The zero-order valence-corrected chi connectivity index (χ0v) is 9.73. The van der Waals surface area contributed by atoms with Crippen LogP contribution in [0.3, 0.4) is 0 Å². The number of aromatic nitrogens is 4. The van der Waals surface area contributed by atoms with Crippen molar-refractivity contribution in [3.05, 3.63) is 12.5 Å². The molecule has 2 rings (SSSR count). The first-order chi connectivity index (χ1) is 7.54. The maximum Gasteiger partial charge on any atom is 0.296 e. The lowest BCUT2D eigenvalue weighted by Gasteiger charge is -2.02. The molecule has 0 aromatic carbocycles. The standard InChI is InChI=1S/C7H7ClN4O3S/c1-2-12-6(5-3-9-15-4-5)10-11-7(12)16(8,13)14/h3-4H,2H2,1H3. The van der Waals surface area contributed by atoms with E-state index in [-0.39, 0.29) is 5.16 Å². The number of nitrogens with zero attached hydrogens (tertiary/aromatic N) is 4. The Morgan fingerprint density at radius 1 is 1.50 bits per heavy atom. The third kappa shape index (κ3) is 1.81. The van der Waals surface area contributed by atoms with Gasteiger partial charge in [0, 0.05) is 17.2 Å². The highest BCUT2D eigenvalue weighted by molar-refractivity contribution is 8.13. The van der Waals surface area contributed by atoms with Crippen LogP contribution in [-0.2, 0) is 15.6 Å². The summed E-state index contributed by atoms with van der Waals surface area (Å²) >= 11 is 0. The molecule has 2 heterocycles. The summed E-state index contributed by atoms with van der Waals surface area (Å²) in [5, 5.41) is 10.5. The van der Waals surface area contributed by atoms with Gasteiger partial charge in [-0.1, -0.05) is 5.16 Å². The maximum atomic E-state index is 11.2. The Kier molecular flexibility index (Phi) is 2.68. The molecule has 0 atom stereocenters. The molecule has 0 spiro atoms. The van der Waals surface area contributed by atoms with Crippen molar-refractivity contribution in [1.82, 2.24) is 19.9 Å². The van der Waals surface area contributed by atoms with Gasteiger partial charge in [-0.15, -0.1) is 10.2 Å². The fourth-order valence-electron chi connectivity index (χ4n) is 1.28. The topological polar surface area (TPSA) is 90.9 Å². The van der Waals surface area contributed by atoms with E-state index in [1.165, 1.54) is 17.0 Å². The molecule has 0 aliphatic heterocycles. The summed E-state index contributed by atoms with van der Waals surface area (Å²) in [5.74, 6) is 0.350. The van der Waals surface area contributed by atoms with E-state index in [4.69, 9.17) is 10.7 Å². The molecular weight excluding hydrogens is 256 g/mol. The lowest BCUT2D eigenvalue weighted by Crippen LogP contribution is -2.05. The zero-order valence-electron chi connectivity index (χ0n) is 8.16. The smallest absolute Gasteiger partial charge is 0.296 e. The molecule has 0 aliphatic rings. The third-order valence-electron chi connectivity index (χ3n) is 1.94. The largest absolute Gasteiger partial charge is 0.364 e. The molecule has 0 fully saturated rings. The van der Waals surface area contributed by atoms with E-state index >= 15 is 0 Å². The first-order valence-electron chi connectivity index (χ1n) is 4.31. The molecule has 0 N–H and O–H groups in total. The summed E-state index contributed by atoms with van der Waals surface area (Å²) in [5.41, 5.74) is 0.543. The first kappa shape index (κ1) is 11.1. The minimum absolute atomic E-state index is 0.284. The van der Waals surface area contributed by atoms with Crippen molar-refractivity contribution in [3.8, 4) is 11.4 Å². The second kappa shape index (κ2) is 3.87. The average Bonchev–Trinajstić information content (AvgIpc) is 2.84. The van der Waals surface area contributed by atoms with Gasteiger partial charge in [0.15, 0.2) is 5.82 Å². The van der Waals surface area contributed by atoms with Crippen LogP contribution in [0.4, 0.5) is 0 Å². The SMILES string of the molecule is CCn1c(-c2cnoc2)nnc1S(=O)(=O)Cl. The van der Waals surface area contributed by atoms with Gasteiger partial charge in [0.25, 0.3) is 14.2 Å². The summed E-state index contributed by atoms with van der Waals surface area (Å²) in [6.07, 6.45) is 2.77. The average molecular weight is 263 g/mol. The fraction of sp³-hybridized carbons (Fsp3) is 0.286. The van der Waals surface area contributed by atoms with Crippen molar-refractivity contribution in [1.29, 1.82) is 0 Å². The Bertz CT molecular complexity index is 589. The van der Waals surface area contributed by atoms with Crippen LogP contribution in [0.1, 0.15) is 6.92 Å². The molecule has 0 radical (unpaired) electrons. The molecule has 9 heteroatoms. The van der Waals surface area contributed by atoms with Crippen molar-refractivity contribution < 1.29 is 12.9 Å². The van der Waals surface area contributed by atoms with E-state index in [9.17, 15) is 8.42 Å². The van der Waals surface area contributed by atoms with Gasteiger partial charge in [0.1, 0.15) is 6.26 Å². The Hall–Kier alpha value is -1.41. The van der Waals surface area contributed by atoms with E-state index < -0.39 is 9.05 Å². The van der Waals surface area contributed by atoms with E-state index in [1.807, 2.05) is 0 Å². The summed E-state index contributed by atoms with van der Waals surface area (Å²) in [7, 11) is 1.32. The third-order valence-corrected chi connectivity index (χ3v) is 3.09. The maximum absolute atomic E-state index is 11.2. The zero-order chi connectivity index (χ0) is 11.8. The van der Waals surface area contributed by atoms with E-state index in [1.54, 1.807) is 6.92 Å². The second-order valence-corrected chi connectivity index (χ2v) is 5.36. The van der Waals surface area contributed by atoms with E-state index in [0.29, 0.717) is 17.9 Å². The van der Waals surface area contributed by atoms with Crippen molar-refractivity contribution >= 4 is 19.7 Å². The van der Waals surface area contributed by atoms with Gasteiger partial charge >= 0.3 is 0 Å². The summed E-state index contributed by atoms with van der Waals surface area (Å²) < 4.78 is 28.4. The van der Waals surface area contributed by atoms with Crippen LogP contribution in [0.25, 0.3) is 11.4 Å². The van der Waals surface area contributed by atoms with Gasteiger partial charge in [0.05, 0.1) is 11.8 Å². The molecule has 16 heavy (non-hydrogen) atoms. The minimum atomic E-state index is -3.91. The normalized spacial score (nSPS) is 11.9. The summed E-state index contributed by atoms with van der Waals surface area (Å²) in [4.78, 5) is 0.